The molecule has 0 spiro atoms. The van der Waals surface area contributed by atoms with Gasteiger partial charge in [-0.1, -0.05) is 24.3 Å². The van der Waals surface area contributed by atoms with Crippen LogP contribution in [0, 0.1) is 0 Å². The molecule has 1 heterocycles. The molecule has 0 saturated carbocycles. The third kappa shape index (κ3) is 5.81. The van der Waals surface area contributed by atoms with E-state index >= 15 is 0 Å². The normalized spacial score (nSPS) is 11.2. The molecule has 4 aromatic rings. The lowest BCUT2D eigenvalue weighted by Crippen LogP contribution is -2.16. The number of carbonyl (C=O) groups is 1. The molecule has 0 unspecified atom stereocenters. The lowest BCUT2D eigenvalue weighted by atomic mass is 10.1. The van der Waals surface area contributed by atoms with E-state index in [9.17, 15) is 13.2 Å². The molecule has 0 radical (unpaired) electrons. The fourth-order valence-electron chi connectivity index (χ4n) is 3.45. The summed E-state index contributed by atoms with van der Waals surface area (Å²) < 4.78 is 39.5. The first-order chi connectivity index (χ1) is 17.3. The van der Waals surface area contributed by atoms with Gasteiger partial charge in [0.2, 0.25) is 0 Å². The molecule has 186 valence electrons. The SMILES string of the molecule is COc1cc(Nc2nc3ccccc3nc2NS(=O)(=O)c2ccc(CCC(=O)O)cc2)cc(OC)c1. The fraction of sp³-hybridized carbons (Fsp3) is 0.160. The summed E-state index contributed by atoms with van der Waals surface area (Å²) in [5.41, 5.74) is 2.35. The number of para-hydroxylation sites is 2. The van der Waals surface area contributed by atoms with Crippen molar-refractivity contribution in [2.24, 2.45) is 0 Å². The number of benzene rings is 3. The zero-order chi connectivity index (χ0) is 25.7. The largest absolute Gasteiger partial charge is 0.497 e. The average molecular weight is 509 g/mol. The van der Waals surface area contributed by atoms with E-state index in [0.29, 0.717) is 34.6 Å². The number of nitrogens with one attached hydrogen (secondary N) is 2. The Hall–Kier alpha value is -4.38. The second kappa shape index (κ2) is 10.5. The molecule has 0 aliphatic carbocycles. The number of sulfonamides is 1. The lowest BCUT2D eigenvalue weighted by Gasteiger charge is -2.15. The van der Waals surface area contributed by atoms with E-state index in [2.05, 4.69) is 20.0 Å². The number of carboxylic acid groups (broad SMARTS) is 1. The summed E-state index contributed by atoms with van der Waals surface area (Å²) in [6.07, 6.45) is 0.262. The number of nitrogens with zero attached hydrogens (tertiary/aromatic N) is 2. The number of aliphatic carboxylic acids is 1. The van der Waals surface area contributed by atoms with Crippen molar-refractivity contribution in [1.82, 2.24) is 9.97 Å². The number of ether oxygens (including phenoxy) is 2. The molecule has 0 aliphatic rings. The van der Waals surface area contributed by atoms with Crippen LogP contribution in [0.3, 0.4) is 0 Å². The number of hydrogen-bond acceptors (Lipinski definition) is 8. The van der Waals surface area contributed by atoms with Crippen molar-refractivity contribution in [3.63, 3.8) is 0 Å². The average Bonchev–Trinajstić information content (AvgIpc) is 2.87. The van der Waals surface area contributed by atoms with Gasteiger partial charge in [-0.3, -0.25) is 9.52 Å². The van der Waals surface area contributed by atoms with E-state index in [0.717, 1.165) is 5.56 Å². The Morgan fingerprint density at radius 2 is 1.47 bits per heavy atom. The van der Waals surface area contributed by atoms with E-state index < -0.39 is 16.0 Å². The Kier molecular flexibility index (Phi) is 7.20. The highest BCUT2D eigenvalue weighted by molar-refractivity contribution is 7.92. The van der Waals surface area contributed by atoms with Gasteiger partial charge in [0, 0.05) is 30.3 Å². The summed E-state index contributed by atoms with van der Waals surface area (Å²) in [5.74, 6) is 0.347. The molecule has 0 saturated heterocycles. The van der Waals surface area contributed by atoms with Crippen LogP contribution in [0.25, 0.3) is 11.0 Å². The van der Waals surface area contributed by atoms with E-state index in [1.165, 1.54) is 26.4 Å². The minimum Gasteiger partial charge on any atom is -0.497 e. The van der Waals surface area contributed by atoms with Crippen LogP contribution in [0.2, 0.25) is 0 Å². The van der Waals surface area contributed by atoms with Crippen LogP contribution in [0.5, 0.6) is 11.5 Å². The monoisotopic (exact) mass is 508 g/mol. The maximum Gasteiger partial charge on any atom is 0.303 e. The van der Waals surface area contributed by atoms with Crippen LogP contribution < -0.4 is 19.5 Å². The molecular weight excluding hydrogens is 484 g/mol. The molecule has 0 atom stereocenters. The van der Waals surface area contributed by atoms with Gasteiger partial charge in [0.15, 0.2) is 11.6 Å². The molecule has 3 N–H and O–H groups in total. The first kappa shape index (κ1) is 24.7. The highest BCUT2D eigenvalue weighted by Gasteiger charge is 2.19. The number of carboxylic acids is 1. The van der Waals surface area contributed by atoms with E-state index in [1.54, 1.807) is 48.5 Å². The Balaban J connectivity index is 1.69. The molecule has 0 fully saturated rings. The third-order valence-corrected chi connectivity index (χ3v) is 6.63. The minimum atomic E-state index is -4.03. The Bertz CT molecular complexity index is 1490. The lowest BCUT2D eigenvalue weighted by molar-refractivity contribution is -0.136. The van der Waals surface area contributed by atoms with Gasteiger partial charge in [0.25, 0.3) is 10.0 Å². The van der Waals surface area contributed by atoms with Gasteiger partial charge in [-0.05, 0) is 36.2 Å². The molecule has 0 aliphatic heterocycles. The van der Waals surface area contributed by atoms with Crippen molar-refractivity contribution < 1.29 is 27.8 Å². The van der Waals surface area contributed by atoms with E-state index in [-0.39, 0.29) is 23.0 Å². The third-order valence-electron chi connectivity index (χ3n) is 5.28. The molecule has 10 nitrogen and oxygen atoms in total. The summed E-state index contributed by atoms with van der Waals surface area (Å²) in [6.45, 7) is 0. The molecule has 1 aromatic heterocycles. The van der Waals surface area contributed by atoms with Crippen LogP contribution >= 0.6 is 0 Å². The number of aromatic nitrogens is 2. The first-order valence-corrected chi connectivity index (χ1v) is 12.4. The van der Waals surface area contributed by atoms with Crippen molar-refractivity contribution in [1.29, 1.82) is 0 Å². The van der Waals surface area contributed by atoms with Crippen molar-refractivity contribution in [2.75, 3.05) is 24.3 Å². The van der Waals surface area contributed by atoms with Crippen molar-refractivity contribution in [3.8, 4) is 11.5 Å². The van der Waals surface area contributed by atoms with Gasteiger partial charge in [-0.2, -0.15) is 0 Å². The maximum absolute atomic E-state index is 13.2. The molecule has 11 heteroatoms. The second-order valence-electron chi connectivity index (χ2n) is 7.78. The molecular formula is C25H24N4O6S. The van der Waals surface area contributed by atoms with Crippen molar-refractivity contribution >= 4 is 44.3 Å². The molecule has 4 rings (SSSR count). The summed E-state index contributed by atoms with van der Waals surface area (Å²) >= 11 is 0. The maximum atomic E-state index is 13.2. The molecule has 3 aromatic carbocycles. The van der Waals surface area contributed by atoms with E-state index in [1.807, 2.05) is 6.07 Å². The number of anilines is 3. The quantitative estimate of drug-likeness (QED) is 0.287. The van der Waals surface area contributed by atoms with Gasteiger partial charge in [0.05, 0.1) is 30.1 Å². The number of fused-ring (bicyclic) bond motifs is 1. The smallest absolute Gasteiger partial charge is 0.303 e. The molecule has 36 heavy (non-hydrogen) atoms. The Labute approximate surface area is 208 Å². The van der Waals surface area contributed by atoms with Crippen molar-refractivity contribution in [3.05, 3.63) is 72.3 Å². The summed E-state index contributed by atoms with van der Waals surface area (Å²) in [5, 5.41) is 12.0. The molecule has 0 amide bonds. The highest BCUT2D eigenvalue weighted by atomic mass is 32.2. The topological polar surface area (TPSA) is 140 Å². The van der Waals surface area contributed by atoms with Gasteiger partial charge < -0.3 is 19.9 Å². The summed E-state index contributed by atoms with van der Waals surface area (Å²) in [4.78, 5) is 19.9. The predicted molar refractivity (Wildman–Crippen MR) is 136 cm³/mol. The Morgan fingerprint density at radius 3 is 2.03 bits per heavy atom. The second-order valence-corrected chi connectivity index (χ2v) is 9.46. The number of methoxy groups -OCH3 is 2. The zero-order valence-electron chi connectivity index (χ0n) is 19.6. The number of hydrogen-bond donors (Lipinski definition) is 3. The van der Waals surface area contributed by atoms with E-state index in [4.69, 9.17) is 14.6 Å². The van der Waals surface area contributed by atoms with Crippen LogP contribution in [0.4, 0.5) is 17.3 Å². The van der Waals surface area contributed by atoms with Gasteiger partial charge in [-0.25, -0.2) is 18.4 Å². The minimum absolute atomic E-state index is 0.00504. The first-order valence-electron chi connectivity index (χ1n) is 10.9. The van der Waals surface area contributed by atoms with Crippen molar-refractivity contribution in [2.45, 2.75) is 17.7 Å². The Morgan fingerprint density at radius 1 is 0.889 bits per heavy atom. The number of rotatable bonds is 10. The fourth-order valence-corrected chi connectivity index (χ4v) is 4.46. The van der Waals surface area contributed by atoms with Crippen LogP contribution in [0.15, 0.2) is 71.6 Å². The van der Waals surface area contributed by atoms with Gasteiger partial charge in [0.1, 0.15) is 11.5 Å². The predicted octanol–water partition coefficient (Wildman–Crippen LogP) is 4.21. The summed E-state index contributed by atoms with van der Waals surface area (Å²) in [7, 11) is -0.971. The standard InChI is InChI=1S/C25H24N4O6S/c1-34-18-13-17(14-19(15-18)35-2)26-24-25(28-22-6-4-3-5-21(22)27-24)29-36(32,33)20-10-7-16(8-11-20)9-12-23(30)31/h3-8,10-11,13-15H,9,12H2,1-2H3,(H,26,27)(H,28,29)(H,30,31). The highest BCUT2D eigenvalue weighted by Crippen LogP contribution is 2.31. The number of aryl methyl sites for hydroxylation is 1. The zero-order valence-corrected chi connectivity index (χ0v) is 20.4. The van der Waals surface area contributed by atoms with Crippen LogP contribution in [0.1, 0.15) is 12.0 Å². The van der Waals surface area contributed by atoms with Gasteiger partial charge >= 0.3 is 5.97 Å². The van der Waals surface area contributed by atoms with Gasteiger partial charge in [-0.15, -0.1) is 0 Å². The van der Waals surface area contributed by atoms with Crippen LogP contribution in [-0.4, -0.2) is 43.7 Å². The molecule has 0 bridgehead atoms. The summed E-state index contributed by atoms with van der Waals surface area (Å²) in [6, 6.07) is 18.3. The van der Waals surface area contributed by atoms with Crippen LogP contribution in [-0.2, 0) is 21.2 Å².